The molecule has 0 amide bonds. The van der Waals surface area contributed by atoms with Crippen molar-refractivity contribution in [2.45, 2.75) is 44.7 Å². The highest BCUT2D eigenvalue weighted by molar-refractivity contribution is 6.30. The summed E-state index contributed by atoms with van der Waals surface area (Å²) in [5.41, 5.74) is 1.35. The van der Waals surface area contributed by atoms with E-state index in [9.17, 15) is 0 Å². The molecule has 2 nitrogen and oxygen atoms in total. The van der Waals surface area contributed by atoms with Gasteiger partial charge in [0, 0.05) is 23.5 Å². The molecule has 0 aliphatic heterocycles. The first-order valence-corrected chi connectivity index (χ1v) is 8.14. The molecule has 3 heteroatoms. The Labute approximate surface area is 131 Å². The number of nitrogens with one attached hydrogen (secondary N) is 1. The molecule has 2 unspecified atom stereocenters. The van der Waals surface area contributed by atoms with Crippen LogP contribution in [0.4, 0.5) is 0 Å². The highest BCUT2D eigenvalue weighted by Gasteiger charge is 2.32. The Balaban J connectivity index is 1.58. The van der Waals surface area contributed by atoms with E-state index < -0.39 is 0 Å². The summed E-state index contributed by atoms with van der Waals surface area (Å²) in [5, 5.41) is 4.60. The molecule has 0 spiro atoms. The molecule has 1 aromatic heterocycles. The van der Waals surface area contributed by atoms with E-state index in [1.807, 2.05) is 24.3 Å². The molecule has 1 N–H and O–H groups in total. The van der Waals surface area contributed by atoms with Gasteiger partial charge >= 0.3 is 0 Å². The lowest BCUT2D eigenvalue weighted by Gasteiger charge is -2.23. The average Bonchev–Trinajstić information content (AvgIpc) is 3.19. The van der Waals surface area contributed by atoms with E-state index in [2.05, 4.69) is 24.4 Å². The highest BCUT2D eigenvalue weighted by atomic mass is 35.5. The number of hydrogen-bond donors (Lipinski definition) is 1. The molecule has 0 radical (unpaired) electrons. The van der Waals surface area contributed by atoms with E-state index in [0.717, 1.165) is 29.5 Å². The predicted molar refractivity (Wildman–Crippen MR) is 86.5 cm³/mol. The minimum absolute atomic E-state index is 0.453. The molecular formula is C18H22ClNO. The minimum Gasteiger partial charge on any atom is -0.469 e. The van der Waals surface area contributed by atoms with Crippen molar-refractivity contribution in [3.8, 4) is 0 Å². The highest BCUT2D eigenvalue weighted by Crippen LogP contribution is 2.41. The summed E-state index contributed by atoms with van der Waals surface area (Å²) in [5.74, 6) is 1.84. The maximum absolute atomic E-state index is 5.99. The van der Waals surface area contributed by atoms with Crippen molar-refractivity contribution in [3.63, 3.8) is 0 Å². The van der Waals surface area contributed by atoms with E-state index in [0.29, 0.717) is 12.1 Å². The molecule has 0 saturated heterocycles. The molecule has 1 fully saturated rings. The van der Waals surface area contributed by atoms with Gasteiger partial charge in [0.15, 0.2) is 0 Å². The minimum atomic E-state index is 0.453. The first-order chi connectivity index (χ1) is 10.2. The number of aryl methyl sites for hydroxylation is 1. The van der Waals surface area contributed by atoms with Gasteiger partial charge < -0.3 is 9.73 Å². The average molecular weight is 304 g/mol. The molecule has 21 heavy (non-hydrogen) atoms. The lowest BCUT2D eigenvalue weighted by molar-refractivity contribution is 0.392. The first kappa shape index (κ1) is 14.7. The summed E-state index contributed by atoms with van der Waals surface area (Å²) in [6, 6.07) is 13.2. The molecule has 1 saturated carbocycles. The van der Waals surface area contributed by atoms with Crippen molar-refractivity contribution >= 4 is 11.6 Å². The van der Waals surface area contributed by atoms with Crippen LogP contribution in [-0.2, 0) is 6.42 Å². The van der Waals surface area contributed by atoms with Crippen molar-refractivity contribution in [3.05, 3.63) is 59.0 Å². The molecule has 1 aliphatic carbocycles. The molecule has 1 aromatic carbocycles. The quantitative estimate of drug-likeness (QED) is 0.779. The lowest BCUT2D eigenvalue weighted by atomic mass is 10.0. The van der Waals surface area contributed by atoms with Crippen LogP contribution in [0.25, 0.3) is 0 Å². The van der Waals surface area contributed by atoms with E-state index in [-0.39, 0.29) is 0 Å². The van der Waals surface area contributed by atoms with Gasteiger partial charge in [-0.3, -0.25) is 0 Å². The number of benzene rings is 1. The summed E-state index contributed by atoms with van der Waals surface area (Å²) < 4.78 is 5.40. The number of halogens is 1. The van der Waals surface area contributed by atoms with Gasteiger partial charge in [-0.2, -0.15) is 0 Å². The Morgan fingerprint density at radius 3 is 2.62 bits per heavy atom. The Morgan fingerprint density at radius 1 is 1.24 bits per heavy atom. The molecule has 1 aliphatic rings. The molecule has 0 bridgehead atoms. The monoisotopic (exact) mass is 303 g/mol. The topological polar surface area (TPSA) is 25.2 Å². The molecule has 112 valence electrons. The summed E-state index contributed by atoms with van der Waals surface area (Å²) in [6.07, 6.45) is 6.47. The Hall–Kier alpha value is -1.25. The van der Waals surface area contributed by atoms with Gasteiger partial charge in [-0.05, 0) is 61.9 Å². The van der Waals surface area contributed by atoms with Crippen molar-refractivity contribution in [1.82, 2.24) is 5.32 Å². The zero-order chi connectivity index (χ0) is 14.7. The SMILES string of the molecule is CC(CCc1ccco1)NC(c1ccc(Cl)cc1)C1CC1. The zero-order valence-electron chi connectivity index (χ0n) is 12.4. The van der Waals surface area contributed by atoms with Gasteiger partial charge in [0.25, 0.3) is 0 Å². The van der Waals surface area contributed by atoms with Gasteiger partial charge in [-0.1, -0.05) is 23.7 Å². The van der Waals surface area contributed by atoms with Crippen molar-refractivity contribution < 1.29 is 4.42 Å². The van der Waals surface area contributed by atoms with E-state index in [4.69, 9.17) is 16.0 Å². The number of hydrogen-bond acceptors (Lipinski definition) is 2. The molecule has 1 heterocycles. The number of rotatable bonds is 7. The third kappa shape index (κ3) is 4.12. The van der Waals surface area contributed by atoms with Crippen LogP contribution in [0.5, 0.6) is 0 Å². The second-order valence-corrected chi connectivity index (χ2v) is 6.49. The summed E-state index contributed by atoms with van der Waals surface area (Å²) in [6.45, 7) is 2.26. The first-order valence-electron chi connectivity index (χ1n) is 7.76. The van der Waals surface area contributed by atoms with Gasteiger partial charge in [0.05, 0.1) is 6.26 Å². The summed E-state index contributed by atoms with van der Waals surface area (Å²) >= 11 is 5.99. The third-order valence-corrected chi connectivity index (χ3v) is 4.44. The fraction of sp³-hybridized carbons (Fsp3) is 0.444. The van der Waals surface area contributed by atoms with Crippen LogP contribution in [0.1, 0.15) is 43.6 Å². The maximum Gasteiger partial charge on any atom is 0.103 e. The van der Waals surface area contributed by atoms with Gasteiger partial charge in [0.1, 0.15) is 5.76 Å². The van der Waals surface area contributed by atoms with Crippen LogP contribution in [0.15, 0.2) is 47.1 Å². The Kier molecular flexibility index (Phi) is 4.67. The van der Waals surface area contributed by atoms with Crippen LogP contribution < -0.4 is 5.32 Å². The summed E-state index contributed by atoms with van der Waals surface area (Å²) in [7, 11) is 0. The van der Waals surface area contributed by atoms with E-state index in [1.165, 1.54) is 18.4 Å². The molecular weight excluding hydrogens is 282 g/mol. The standard InChI is InChI=1S/C18H22ClNO/c1-13(4-11-17-3-2-12-21-17)20-18(14-5-6-14)15-7-9-16(19)10-8-15/h2-3,7-10,12-14,18,20H,4-6,11H2,1H3. The number of furan rings is 1. The van der Waals surface area contributed by atoms with E-state index >= 15 is 0 Å². The Morgan fingerprint density at radius 2 is 2.00 bits per heavy atom. The van der Waals surface area contributed by atoms with Crippen LogP contribution in [0.2, 0.25) is 5.02 Å². The van der Waals surface area contributed by atoms with Crippen LogP contribution in [0, 0.1) is 5.92 Å². The van der Waals surface area contributed by atoms with Gasteiger partial charge in [-0.25, -0.2) is 0 Å². The van der Waals surface area contributed by atoms with Crippen LogP contribution >= 0.6 is 11.6 Å². The van der Waals surface area contributed by atoms with Gasteiger partial charge in [-0.15, -0.1) is 0 Å². The normalized spacial score (nSPS) is 17.6. The van der Waals surface area contributed by atoms with Crippen LogP contribution in [0.3, 0.4) is 0 Å². The van der Waals surface area contributed by atoms with Crippen molar-refractivity contribution in [2.24, 2.45) is 5.92 Å². The van der Waals surface area contributed by atoms with Crippen molar-refractivity contribution in [1.29, 1.82) is 0 Å². The van der Waals surface area contributed by atoms with Gasteiger partial charge in [0.2, 0.25) is 0 Å². The fourth-order valence-corrected chi connectivity index (χ4v) is 2.93. The lowest BCUT2D eigenvalue weighted by Crippen LogP contribution is -2.32. The zero-order valence-corrected chi connectivity index (χ0v) is 13.1. The van der Waals surface area contributed by atoms with Crippen molar-refractivity contribution in [2.75, 3.05) is 0 Å². The third-order valence-electron chi connectivity index (χ3n) is 4.19. The second kappa shape index (κ2) is 6.67. The second-order valence-electron chi connectivity index (χ2n) is 6.05. The summed E-state index contributed by atoms with van der Waals surface area (Å²) in [4.78, 5) is 0. The predicted octanol–water partition coefficient (Wildman–Crippen LogP) is 5.00. The molecule has 2 atom stereocenters. The smallest absolute Gasteiger partial charge is 0.103 e. The fourth-order valence-electron chi connectivity index (χ4n) is 2.81. The van der Waals surface area contributed by atoms with Crippen LogP contribution in [-0.4, -0.2) is 6.04 Å². The molecule has 2 aromatic rings. The largest absolute Gasteiger partial charge is 0.469 e. The Bertz CT molecular complexity index is 545. The van der Waals surface area contributed by atoms with E-state index in [1.54, 1.807) is 6.26 Å². The maximum atomic E-state index is 5.99. The molecule has 3 rings (SSSR count).